The third kappa shape index (κ3) is 3.65. The Morgan fingerprint density at radius 3 is 2.40 bits per heavy atom. The zero-order chi connectivity index (χ0) is 21.4. The number of nitrogens with zero attached hydrogens (tertiary/aromatic N) is 4. The van der Waals surface area contributed by atoms with E-state index in [9.17, 15) is 4.79 Å². The molecule has 0 spiro atoms. The van der Waals surface area contributed by atoms with Gasteiger partial charge in [-0.05, 0) is 57.4 Å². The quantitative estimate of drug-likeness (QED) is 0.643. The van der Waals surface area contributed by atoms with E-state index in [-0.39, 0.29) is 5.56 Å². The molecule has 0 bridgehead atoms. The van der Waals surface area contributed by atoms with Crippen LogP contribution >= 0.6 is 0 Å². The Kier molecular flexibility index (Phi) is 5.48. The number of aromatic nitrogens is 2. The molecule has 5 nitrogen and oxygen atoms in total. The molecular formula is C25H30N4O. The number of aryl methyl sites for hydroxylation is 2. The molecule has 0 saturated heterocycles. The molecule has 4 rings (SSSR count). The van der Waals surface area contributed by atoms with Gasteiger partial charge in [0.2, 0.25) is 5.95 Å². The highest BCUT2D eigenvalue weighted by Crippen LogP contribution is 2.32. The van der Waals surface area contributed by atoms with Gasteiger partial charge in [-0.2, -0.15) is 0 Å². The Balaban J connectivity index is 1.86. The second kappa shape index (κ2) is 8.07. The smallest absolute Gasteiger partial charge is 0.259 e. The minimum atomic E-state index is 0.0574. The van der Waals surface area contributed by atoms with Gasteiger partial charge in [-0.3, -0.25) is 19.2 Å². The lowest BCUT2D eigenvalue weighted by atomic mass is 10.0. The van der Waals surface area contributed by atoms with Gasteiger partial charge in [-0.15, -0.1) is 0 Å². The molecule has 30 heavy (non-hydrogen) atoms. The van der Waals surface area contributed by atoms with Crippen LogP contribution in [0, 0.1) is 20.8 Å². The minimum Gasteiger partial charge on any atom is -0.298 e. The van der Waals surface area contributed by atoms with Crippen molar-refractivity contribution in [2.45, 2.75) is 53.8 Å². The molecule has 0 N–H and O–H groups in total. The Hall–Kier alpha value is -2.92. The standard InChI is InChI=1S/C25H30N4O/c1-17(2)27-15-28(23-13-9-10-18(3)19(23)4)25-26-20(5)22(24(30)29(25)16-27)14-21-11-7-6-8-12-21/h6-13,17H,14-16H2,1-5H3. The molecule has 0 radical (unpaired) electrons. The summed E-state index contributed by atoms with van der Waals surface area (Å²) in [5.74, 6) is 0.736. The van der Waals surface area contributed by atoms with Crippen LogP contribution in [0.25, 0.3) is 0 Å². The van der Waals surface area contributed by atoms with Crippen LogP contribution in [-0.4, -0.2) is 27.2 Å². The highest BCUT2D eigenvalue weighted by atomic mass is 16.1. The normalized spacial score (nSPS) is 14.3. The molecule has 1 aliphatic rings. The third-order valence-corrected chi connectivity index (χ3v) is 6.16. The summed E-state index contributed by atoms with van der Waals surface area (Å²) in [4.78, 5) is 23.1. The highest BCUT2D eigenvalue weighted by molar-refractivity contribution is 5.64. The van der Waals surface area contributed by atoms with Crippen LogP contribution < -0.4 is 10.5 Å². The van der Waals surface area contributed by atoms with Crippen molar-refractivity contribution in [1.29, 1.82) is 0 Å². The zero-order valence-corrected chi connectivity index (χ0v) is 18.5. The fourth-order valence-electron chi connectivity index (χ4n) is 4.03. The van der Waals surface area contributed by atoms with Crippen molar-refractivity contribution < 1.29 is 0 Å². The SMILES string of the molecule is Cc1cccc(N2CN(C(C)C)Cn3c2nc(C)c(Cc2ccccc2)c3=O)c1C. The molecule has 0 saturated carbocycles. The summed E-state index contributed by atoms with van der Waals surface area (Å²) in [6.07, 6.45) is 0.601. The summed E-state index contributed by atoms with van der Waals surface area (Å²) >= 11 is 0. The van der Waals surface area contributed by atoms with Crippen LogP contribution in [0.2, 0.25) is 0 Å². The van der Waals surface area contributed by atoms with Crippen molar-refractivity contribution in [3.63, 3.8) is 0 Å². The predicted molar refractivity (Wildman–Crippen MR) is 122 cm³/mol. The van der Waals surface area contributed by atoms with Crippen LogP contribution in [-0.2, 0) is 13.1 Å². The summed E-state index contributed by atoms with van der Waals surface area (Å²) in [5.41, 5.74) is 6.33. The van der Waals surface area contributed by atoms with Gasteiger partial charge in [0.1, 0.15) is 0 Å². The molecular weight excluding hydrogens is 372 g/mol. The highest BCUT2D eigenvalue weighted by Gasteiger charge is 2.29. The van der Waals surface area contributed by atoms with E-state index in [0.29, 0.717) is 25.8 Å². The average Bonchev–Trinajstić information content (AvgIpc) is 2.73. The Labute approximate surface area is 178 Å². The number of hydrogen-bond donors (Lipinski definition) is 0. The van der Waals surface area contributed by atoms with Gasteiger partial charge < -0.3 is 0 Å². The van der Waals surface area contributed by atoms with Crippen molar-refractivity contribution >= 4 is 11.6 Å². The van der Waals surface area contributed by atoms with E-state index in [4.69, 9.17) is 4.98 Å². The van der Waals surface area contributed by atoms with Crippen LogP contribution in [0.15, 0.2) is 53.3 Å². The summed E-state index contributed by atoms with van der Waals surface area (Å²) in [5, 5.41) is 0. The first-order valence-corrected chi connectivity index (χ1v) is 10.6. The topological polar surface area (TPSA) is 41.4 Å². The molecule has 1 aromatic heterocycles. The first kappa shape index (κ1) is 20.4. The fraction of sp³-hybridized carbons (Fsp3) is 0.360. The lowest BCUT2D eigenvalue weighted by molar-refractivity contribution is 0.156. The van der Waals surface area contributed by atoms with Gasteiger partial charge in [0.15, 0.2) is 0 Å². The molecule has 5 heteroatoms. The van der Waals surface area contributed by atoms with Crippen molar-refractivity contribution in [2.24, 2.45) is 0 Å². The van der Waals surface area contributed by atoms with Gasteiger partial charge in [-0.1, -0.05) is 42.5 Å². The third-order valence-electron chi connectivity index (χ3n) is 6.16. The van der Waals surface area contributed by atoms with Crippen LogP contribution in [0.1, 0.15) is 41.8 Å². The fourth-order valence-corrected chi connectivity index (χ4v) is 4.03. The monoisotopic (exact) mass is 402 g/mol. The number of anilines is 2. The number of fused-ring (bicyclic) bond motifs is 1. The Bertz CT molecular complexity index is 1120. The van der Waals surface area contributed by atoms with E-state index >= 15 is 0 Å². The van der Waals surface area contributed by atoms with Crippen LogP contribution in [0.3, 0.4) is 0 Å². The molecule has 0 amide bonds. The molecule has 0 atom stereocenters. The molecule has 0 fully saturated rings. The Morgan fingerprint density at radius 2 is 1.70 bits per heavy atom. The molecule has 2 heterocycles. The number of benzene rings is 2. The lowest BCUT2D eigenvalue weighted by Gasteiger charge is -2.41. The molecule has 2 aromatic carbocycles. The lowest BCUT2D eigenvalue weighted by Crippen LogP contribution is -2.50. The van der Waals surface area contributed by atoms with Crippen molar-refractivity contribution in [2.75, 3.05) is 11.6 Å². The van der Waals surface area contributed by atoms with Gasteiger partial charge >= 0.3 is 0 Å². The van der Waals surface area contributed by atoms with Crippen molar-refractivity contribution in [3.8, 4) is 0 Å². The second-order valence-corrected chi connectivity index (χ2v) is 8.48. The molecule has 1 aliphatic heterocycles. The van der Waals surface area contributed by atoms with E-state index in [0.717, 1.165) is 28.5 Å². The molecule has 3 aromatic rings. The van der Waals surface area contributed by atoms with Crippen molar-refractivity contribution in [1.82, 2.24) is 14.5 Å². The Morgan fingerprint density at radius 1 is 0.967 bits per heavy atom. The van der Waals surface area contributed by atoms with Crippen LogP contribution in [0.5, 0.6) is 0 Å². The minimum absolute atomic E-state index is 0.0574. The molecule has 0 aliphatic carbocycles. The zero-order valence-electron chi connectivity index (χ0n) is 18.5. The maximum Gasteiger partial charge on any atom is 0.259 e. The molecule has 0 unspecified atom stereocenters. The van der Waals surface area contributed by atoms with Crippen molar-refractivity contribution in [3.05, 3.63) is 86.8 Å². The summed E-state index contributed by atoms with van der Waals surface area (Å²) in [6.45, 7) is 11.8. The summed E-state index contributed by atoms with van der Waals surface area (Å²) in [7, 11) is 0. The van der Waals surface area contributed by atoms with Gasteiger partial charge in [0.25, 0.3) is 5.56 Å². The maximum atomic E-state index is 13.6. The molecule has 156 valence electrons. The second-order valence-electron chi connectivity index (χ2n) is 8.48. The number of rotatable bonds is 4. The van der Waals surface area contributed by atoms with Gasteiger partial charge in [0, 0.05) is 23.7 Å². The first-order valence-electron chi connectivity index (χ1n) is 10.6. The van der Waals surface area contributed by atoms with E-state index < -0.39 is 0 Å². The largest absolute Gasteiger partial charge is 0.298 e. The van der Waals surface area contributed by atoms with E-state index in [1.54, 1.807) is 0 Å². The predicted octanol–water partition coefficient (Wildman–Crippen LogP) is 4.54. The van der Waals surface area contributed by atoms with Crippen LogP contribution in [0.4, 0.5) is 11.6 Å². The van der Waals surface area contributed by atoms with Gasteiger partial charge in [0.05, 0.1) is 19.0 Å². The van der Waals surface area contributed by atoms with Gasteiger partial charge in [-0.25, -0.2) is 4.98 Å². The maximum absolute atomic E-state index is 13.6. The van der Waals surface area contributed by atoms with E-state index in [1.165, 1.54) is 11.1 Å². The summed E-state index contributed by atoms with van der Waals surface area (Å²) in [6, 6.07) is 16.8. The van der Waals surface area contributed by atoms with E-state index in [2.05, 4.69) is 67.8 Å². The summed E-state index contributed by atoms with van der Waals surface area (Å²) < 4.78 is 1.84. The number of hydrogen-bond acceptors (Lipinski definition) is 4. The average molecular weight is 403 g/mol. The first-order chi connectivity index (χ1) is 14.4. The van der Waals surface area contributed by atoms with E-state index in [1.807, 2.05) is 29.7 Å².